The molecule has 0 heterocycles. The van der Waals surface area contributed by atoms with Crippen molar-refractivity contribution in [3.8, 4) is 5.75 Å². The topological polar surface area (TPSA) is 26.3 Å². The Hall–Kier alpha value is -1.13. The molecule has 0 bridgehead atoms. The molecule has 0 atom stereocenters. The molecule has 0 aliphatic carbocycles. The van der Waals surface area contributed by atoms with E-state index in [1.165, 1.54) is 0 Å². The number of aryl methyl sites for hydroxylation is 1. The summed E-state index contributed by atoms with van der Waals surface area (Å²) in [4.78, 5) is 12.5. The van der Waals surface area contributed by atoms with Crippen LogP contribution in [0, 0.1) is 6.92 Å². The molecule has 0 radical (unpaired) electrons. The van der Waals surface area contributed by atoms with Gasteiger partial charge in [-0.15, -0.1) is 0 Å². The van der Waals surface area contributed by atoms with Crippen molar-refractivity contribution in [1.29, 1.82) is 0 Å². The average molecular weight is 384 g/mol. The van der Waals surface area contributed by atoms with Crippen molar-refractivity contribution < 1.29 is 9.53 Å². The van der Waals surface area contributed by atoms with Gasteiger partial charge in [0.25, 0.3) is 0 Å². The highest BCUT2D eigenvalue weighted by Crippen LogP contribution is 2.24. The lowest BCUT2D eigenvalue weighted by atomic mass is 9.99. The van der Waals surface area contributed by atoms with Gasteiger partial charge in [0.15, 0.2) is 5.78 Å². The fourth-order valence-electron chi connectivity index (χ4n) is 1.86. The molecule has 0 spiro atoms. The van der Waals surface area contributed by atoms with Gasteiger partial charge in [0, 0.05) is 20.1 Å². The van der Waals surface area contributed by atoms with Gasteiger partial charge in [0.05, 0.1) is 7.11 Å². The number of halogens is 2. The Bertz CT molecular complexity index is 616. The van der Waals surface area contributed by atoms with E-state index in [9.17, 15) is 4.79 Å². The molecule has 2 aromatic carbocycles. The molecule has 0 N–H and O–H groups in total. The molecule has 2 nitrogen and oxygen atoms in total. The van der Waals surface area contributed by atoms with E-state index in [0.29, 0.717) is 11.1 Å². The van der Waals surface area contributed by atoms with Crippen molar-refractivity contribution in [2.45, 2.75) is 6.92 Å². The third kappa shape index (κ3) is 3.25. The zero-order valence-corrected chi connectivity index (χ0v) is 13.7. The molecule has 19 heavy (non-hydrogen) atoms. The van der Waals surface area contributed by atoms with Crippen LogP contribution < -0.4 is 4.74 Å². The minimum atomic E-state index is 0.00199. The Kier molecular flexibility index (Phi) is 4.42. The average Bonchev–Trinajstić information content (AvgIpc) is 2.36. The molecular weight excluding hydrogens is 372 g/mol. The molecule has 0 unspecified atom stereocenters. The first kappa shape index (κ1) is 14.3. The predicted octanol–water partition coefficient (Wildman–Crippen LogP) is 4.76. The van der Waals surface area contributed by atoms with Gasteiger partial charge in [0.1, 0.15) is 5.75 Å². The molecule has 0 amide bonds. The maximum Gasteiger partial charge on any atom is 0.193 e. The lowest BCUT2D eigenvalue weighted by molar-refractivity contribution is 0.103. The largest absolute Gasteiger partial charge is 0.497 e. The molecule has 0 saturated carbocycles. The number of methoxy groups -OCH3 is 1. The first-order chi connectivity index (χ1) is 9.01. The number of rotatable bonds is 3. The van der Waals surface area contributed by atoms with Crippen molar-refractivity contribution in [1.82, 2.24) is 0 Å². The number of ketones is 1. The van der Waals surface area contributed by atoms with Crippen molar-refractivity contribution in [2.24, 2.45) is 0 Å². The second-order valence-corrected chi connectivity index (χ2v) is 6.00. The quantitative estimate of drug-likeness (QED) is 0.714. The Balaban J connectivity index is 2.44. The van der Waals surface area contributed by atoms with Crippen LogP contribution in [0.5, 0.6) is 5.75 Å². The summed E-state index contributed by atoms with van der Waals surface area (Å²) in [5.41, 5.74) is 2.24. The van der Waals surface area contributed by atoms with E-state index >= 15 is 0 Å². The number of carbonyl (C=O) groups excluding carboxylic acids is 1. The van der Waals surface area contributed by atoms with Gasteiger partial charge in [-0.3, -0.25) is 4.79 Å². The van der Waals surface area contributed by atoms with Crippen LogP contribution in [-0.4, -0.2) is 12.9 Å². The van der Waals surface area contributed by atoms with Crippen LogP contribution in [0.4, 0.5) is 0 Å². The number of carbonyl (C=O) groups is 1. The van der Waals surface area contributed by atoms with Crippen LogP contribution in [0.25, 0.3) is 0 Å². The van der Waals surface area contributed by atoms with Crippen molar-refractivity contribution >= 4 is 37.6 Å². The van der Waals surface area contributed by atoms with E-state index in [0.717, 1.165) is 20.3 Å². The molecule has 0 saturated heterocycles. The minimum Gasteiger partial charge on any atom is -0.497 e. The highest BCUT2D eigenvalue weighted by atomic mass is 79.9. The molecule has 2 aromatic rings. The van der Waals surface area contributed by atoms with Crippen molar-refractivity contribution in [3.63, 3.8) is 0 Å². The number of benzene rings is 2. The smallest absolute Gasteiger partial charge is 0.193 e. The van der Waals surface area contributed by atoms with Crippen LogP contribution in [-0.2, 0) is 0 Å². The highest BCUT2D eigenvalue weighted by molar-refractivity contribution is 9.11. The summed E-state index contributed by atoms with van der Waals surface area (Å²) in [6, 6.07) is 11.0. The van der Waals surface area contributed by atoms with E-state index in [1.807, 2.05) is 31.2 Å². The first-order valence-electron chi connectivity index (χ1n) is 5.66. The SMILES string of the molecule is COc1ccc(C(=O)c2cc(Br)cc(Br)c2)c(C)c1. The molecule has 0 aliphatic heterocycles. The van der Waals surface area contributed by atoms with Gasteiger partial charge in [-0.25, -0.2) is 0 Å². The standard InChI is InChI=1S/C15H12Br2O2/c1-9-5-13(19-2)3-4-14(9)15(18)10-6-11(16)8-12(17)7-10/h3-8H,1-2H3. The lowest BCUT2D eigenvalue weighted by Crippen LogP contribution is -2.04. The van der Waals surface area contributed by atoms with Gasteiger partial charge >= 0.3 is 0 Å². The predicted molar refractivity (Wildman–Crippen MR) is 83.0 cm³/mol. The zero-order chi connectivity index (χ0) is 14.0. The van der Waals surface area contributed by atoms with Crippen molar-refractivity contribution in [2.75, 3.05) is 7.11 Å². The molecule has 0 aromatic heterocycles. The van der Waals surface area contributed by atoms with Gasteiger partial charge < -0.3 is 4.74 Å². The van der Waals surface area contributed by atoms with Crippen LogP contribution in [0.15, 0.2) is 45.3 Å². The van der Waals surface area contributed by atoms with E-state index < -0.39 is 0 Å². The number of hydrogen-bond acceptors (Lipinski definition) is 2. The van der Waals surface area contributed by atoms with E-state index in [-0.39, 0.29) is 5.78 Å². The van der Waals surface area contributed by atoms with E-state index in [2.05, 4.69) is 31.9 Å². The fraction of sp³-hybridized carbons (Fsp3) is 0.133. The molecular formula is C15H12Br2O2. The van der Waals surface area contributed by atoms with Crippen LogP contribution in [0.1, 0.15) is 21.5 Å². The molecule has 4 heteroatoms. The Morgan fingerprint density at radius 1 is 1.05 bits per heavy atom. The third-order valence-corrected chi connectivity index (χ3v) is 3.72. The van der Waals surface area contributed by atoms with E-state index in [4.69, 9.17) is 4.74 Å². The summed E-state index contributed by atoms with van der Waals surface area (Å²) in [7, 11) is 1.61. The third-order valence-electron chi connectivity index (χ3n) is 2.80. The van der Waals surface area contributed by atoms with Gasteiger partial charge in [-0.05, 0) is 48.9 Å². The summed E-state index contributed by atoms with van der Waals surface area (Å²) < 4.78 is 6.89. The first-order valence-corrected chi connectivity index (χ1v) is 7.25. The van der Waals surface area contributed by atoms with Crippen LogP contribution in [0.2, 0.25) is 0 Å². The van der Waals surface area contributed by atoms with E-state index in [1.54, 1.807) is 19.2 Å². The van der Waals surface area contributed by atoms with Gasteiger partial charge in [-0.1, -0.05) is 31.9 Å². The summed E-state index contributed by atoms with van der Waals surface area (Å²) in [6.07, 6.45) is 0. The minimum absolute atomic E-state index is 0.00199. The maximum absolute atomic E-state index is 12.5. The van der Waals surface area contributed by atoms with Crippen molar-refractivity contribution in [3.05, 3.63) is 62.0 Å². The summed E-state index contributed by atoms with van der Waals surface area (Å²) >= 11 is 6.79. The number of hydrogen-bond donors (Lipinski definition) is 0. The Morgan fingerprint density at radius 2 is 1.68 bits per heavy atom. The zero-order valence-electron chi connectivity index (χ0n) is 10.5. The lowest BCUT2D eigenvalue weighted by Gasteiger charge is -2.08. The van der Waals surface area contributed by atoms with Gasteiger partial charge in [-0.2, -0.15) is 0 Å². The summed E-state index contributed by atoms with van der Waals surface area (Å²) in [5, 5.41) is 0. The second-order valence-electron chi connectivity index (χ2n) is 4.17. The Labute approximate surface area is 129 Å². The molecule has 2 rings (SSSR count). The fourth-order valence-corrected chi connectivity index (χ4v) is 3.15. The summed E-state index contributed by atoms with van der Waals surface area (Å²) in [6.45, 7) is 1.91. The number of ether oxygens (including phenoxy) is 1. The molecule has 98 valence electrons. The normalized spacial score (nSPS) is 10.3. The van der Waals surface area contributed by atoms with Crippen LogP contribution >= 0.6 is 31.9 Å². The molecule has 0 aliphatic rings. The highest BCUT2D eigenvalue weighted by Gasteiger charge is 2.13. The van der Waals surface area contributed by atoms with Gasteiger partial charge in [0.2, 0.25) is 0 Å². The molecule has 0 fully saturated rings. The van der Waals surface area contributed by atoms with Crippen LogP contribution in [0.3, 0.4) is 0 Å². The second kappa shape index (κ2) is 5.88. The Morgan fingerprint density at radius 3 is 2.21 bits per heavy atom. The monoisotopic (exact) mass is 382 g/mol. The summed E-state index contributed by atoms with van der Waals surface area (Å²) in [5.74, 6) is 0.756. The maximum atomic E-state index is 12.5.